The Bertz CT molecular complexity index is 942. The number of nitrogens with zero attached hydrogens (tertiary/aromatic N) is 2. The number of methoxy groups -OCH3 is 1. The van der Waals surface area contributed by atoms with Crippen LogP contribution in [-0.2, 0) is 11.3 Å². The number of aromatic nitrogens is 1. The number of amides is 1. The van der Waals surface area contributed by atoms with Crippen molar-refractivity contribution in [1.29, 1.82) is 0 Å². The second-order valence-corrected chi connectivity index (χ2v) is 6.95. The summed E-state index contributed by atoms with van der Waals surface area (Å²) in [6, 6.07) is 12.6. The third kappa shape index (κ3) is 3.70. The van der Waals surface area contributed by atoms with Gasteiger partial charge in [-0.2, -0.15) is 4.99 Å². The van der Waals surface area contributed by atoms with Crippen molar-refractivity contribution in [3.63, 3.8) is 0 Å². The van der Waals surface area contributed by atoms with Crippen molar-refractivity contribution in [2.24, 2.45) is 4.99 Å². The molecular formula is C17H14Cl2N2O2S. The Morgan fingerprint density at radius 1 is 1.21 bits per heavy atom. The minimum absolute atomic E-state index is 0.364. The van der Waals surface area contributed by atoms with Gasteiger partial charge in [-0.15, -0.1) is 0 Å². The van der Waals surface area contributed by atoms with Crippen LogP contribution in [0.25, 0.3) is 10.2 Å². The minimum Gasteiger partial charge on any atom is -0.383 e. The molecule has 0 fully saturated rings. The van der Waals surface area contributed by atoms with E-state index in [9.17, 15) is 4.79 Å². The molecule has 0 saturated carbocycles. The molecule has 2 aromatic carbocycles. The van der Waals surface area contributed by atoms with Gasteiger partial charge in [0.2, 0.25) is 0 Å². The van der Waals surface area contributed by atoms with Crippen molar-refractivity contribution < 1.29 is 9.53 Å². The van der Waals surface area contributed by atoms with Gasteiger partial charge in [-0.05, 0) is 30.3 Å². The molecule has 0 radical (unpaired) electrons. The fraction of sp³-hybridized carbons (Fsp3) is 0.176. The van der Waals surface area contributed by atoms with Crippen LogP contribution < -0.4 is 4.80 Å². The highest BCUT2D eigenvalue weighted by atomic mass is 35.5. The number of rotatable bonds is 4. The maximum absolute atomic E-state index is 12.5. The smallest absolute Gasteiger partial charge is 0.279 e. The average molecular weight is 381 g/mol. The summed E-state index contributed by atoms with van der Waals surface area (Å²) in [6.07, 6.45) is 0. The molecule has 0 aliphatic carbocycles. The van der Waals surface area contributed by atoms with Crippen molar-refractivity contribution in [3.05, 3.63) is 62.9 Å². The van der Waals surface area contributed by atoms with Crippen LogP contribution in [0.4, 0.5) is 0 Å². The molecule has 0 atom stereocenters. The van der Waals surface area contributed by atoms with Crippen LogP contribution in [0.1, 0.15) is 10.4 Å². The van der Waals surface area contributed by atoms with Gasteiger partial charge in [0.15, 0.2) is 4.80 Å². The first-order valence-electron chi connectivity index (χ1n) is 7.21. The van der Waals surface area contributed by atoms with Gasteiger partial charge in [0.1, 0.15) is 0 Å². The zero-order chi connectivity index (χ0) is 17.1. The first-order chi connectivity index (χ1) is 11.6. The number of halogens is 2. The molecule has 1 aromatic heterocycles. The molecule has 0 aliphatic heterocycles. The van der Waals surface area contributed by atoms with E-state index in [1.54, 1.807) is 25.3 Å². The average Bonchev–Trinajstić information content (AvgIpc) is 2.89. The van der Waals surface area contributed by atoms with Gasteiger partial charge in [0.25, 0.3) is 5.91 Å². The molecule has 0 bridgehead atoms. The maximum atomic E-state index is 12.5. The molecule has 1 amide bonds. The normalized spacial score (nSPS) is 12.0. The van der Waals surface area contributed by atoms with Crippen molar-refractivity contribution in [2.75, 3.05) is 13.7 Å². The highest BCUT2D eigenvalue weighted by molar-refractivity contribution is 7.16. The summed E-state index contributed by atoms with van der Waals surface area (Å²) in [6.45, 7) is 1.15. The lowest BCUT2D eigenvalue weighted by Gasteiger charge is -2.04. The lowest BCUT2D eigenvalue weighted by atomic mass is 10.2. The van der Waals surface area contributed by atoms with Gasteiger partial charge in [-0.1, -0.05) is 46.7 Å². The number of hydrogen-bond acceptors (Lipinski definition) is 3. The van der Waals surface area contributed by atoms with Gasteiger partial charge < -0.3 is 9.30 Å². The summed E-state index contributed by atoms with van der Waals surface area (Å²) in [7, 11) is 1.64. The van der Waals surface area contributed by atoms with Crippen molar-refractivity contribution >= 4 is 50.7 Å². The number of fused-ring (bicyclic) bond motifs is 1. The second-order valence-electron chi connectivity index (χ2n) is 5.07. The maximum Gasteiger partial charge on any atom is 0.279 e. The van der Waals surface area contributed by atoms with E-state index in [2.05, 4.69) is 4.99 Å². The van der Waals surface area contributed by atoms with Crippen LogP contribution in [-0.4, -0.2) is 24.2 Å². The number of hydrogen-bond donors (Lipinski definition) is 0. The molecule has 4 nitrogen and oxygen atoms in total. The molecule has 3 rings (SSSR count). The Labute approximate surface area is 152 Å². The molecule has 0 saturated heterocycles. The van der Waals surface area contributed by atoms with Gasteiger partial charge >= 0.3 is 0 Å². The third-order valence-electron chi connectivity index (χ3n) is 3.41. The molecule has 0 aliphatic rings. The second kappa shape index (κ2) is 7.49. The van der Waals surface area contributed by atoms with E-state index < -0.39 is 0 Å². The predicted octanol–water partition coefficient (Wildman–Crippen LogP) is 4.40. The highest BCUT2D eigenvalue weighted by Crippen LogP contribution is 2.20. The summed E-state index contributed by atoms with van der Waals surface area (Å²) in [5, 5.41) is 0.814. The number of carbonyl (C=O) groups is 1. The van der Waals surface area contributed by atoms with Gasteiger partial charge in [-0.25, -0.2) is 0 Å². The van der Waals surface area contributed by atoms with E-state index in [1.165, 1.54) is 11.3 Å². The largest absolute Gasteiger partial charge is 0.383 e. The van der Waals surface area contributed by atoms with E-state index >= 15 is 0 Å². The van der Waals surface area contributed by atoms with E-state index in [0.717, 1.165) is 10.2 Å². The summed E-state index contributed by atoms with van der Waals surface area (Å²) < 4.78 is 8.20. The molecule has 3 aromatic rings. The van der Waals surface area contributed by atoms with Gasteiger partial charge in [-0.3, -0.25) is 4.79 Å². The van der Waals surface area contributed by atoms with Gasteiger partial charge in [0, 0.05) is 29.3 Å². The fourth-order valence-corrected chi connectivity index (χ4v) is 3.91. The Morgan fingerprint density at radius 3 is 2.62 bits per heavy atom. The van der Waals surface area contributed by atoms with E-state index in [4.69, 9.17) is 27.9 Å². The molecular weight excluding hydrogens is 367 g/mol. The highest BCUT2D eigenvalue weighted by Gasteiger charge is 2.10. The molecule has 7 heteroatoms. The first kappa shape index (κ1) is 17.2. The monoisotopic (exact) mass is 380 g/mol. The number of ether oxygens (including phenoxy) is 1. The van der Waals surface area contributed by atoms with E-state index in [1.807, 2.05) is 28.8 Å². The van der Waals surface area contributed by atoms with Crippen LogP contribution in [0.5, 0.6) is 0 Å². The van der Waals surface area contributed by atoms with Crippen LogP contribution in [0.3, 0.4) is 0 Å². The zero-order valence-electron chi connectivity index (χ0n) is 12.8. The zero-order valence-corrected chi connectivity index (χ0v) is 15.2. The topological polar surface area (TPSA) is 43.6 Å². The lowest BCUT2D eigenvalue weighted by molar-refractivity contribution is 0.0997. The molecule has 0 unspecified atom stereocenters. The quantitative estimate of drug-likeness (QED) is 0.673. The first-order valence-corrected chi connectivity index (χ1v) is 8.78. The summed E-state index contributed by atoms with van der Waals surface area (Å²) in [5.41, 5.74) is 1.39. The Balaban J connectivity index is 2.09. The molecule has 0 spiro atoms. The van der Waals surface area contributed by atoms with Crippen LogP contribution >= 0.6 is 34.5 Å². The summed E-state index contributed by atoms with van der Waals surface area (Å²) >= 11 is 13.4. The van der Waals surface area contributed by atoms with Crippen molar-refractivity contribution in [1.82, 2.24) is 4.57 Å². The Hall–Kier alpha value is -1.66. The van der Waals surface area contributed by atoms with E-state index in [-0.39, 0.29) is 5.91 Å². The fourth-order valence-electron chi connectivity index (χ4n) is 2.33. The molecule has 24 heavy (non-hydrogen) atoms. The van der Waals surface area contributed by atoms with Crippen molar-refractivity contribution in [3.8, 4) is 0 Å². The van der Waals surface area contributed by atoms with Gasteiger partial charge in [0.05, 0.1) is 16.8 Å². The molecule has 1 heterocycles. The predicted molar refractivity (Wildman–Crippen MR) is 98.0 cm³/mol. The molecule has 0 N–H and O–H groups in total. The number of para-hydroxylation sites is 1. The standard InChI is InChI=1S/C17H14Cl2N2O2S/c1-23-7-6-21-14-4-2-3-5-15(14)24-17(21)20-16(22)11-8-12(18)10-13(19)9-11/h2-5,8-10H,6-7H2,1H3. The summed E-state index contributed by atoms with van der Waals surface area (Å²) in [4.78, 5) is 17.4. The van der Waals surface area contributed by atoms with Crippen LogP contribution in [0.2, 0.25) is 10.0 Å². The van der Waals surface area contributed by atoms with Crippen molar-refractivity contribution in [2.45, 2.75) is 6.54 Å². The number of thiazole rings is 1. The van der Waals surface area contributed by atoms with Crippen LogP contribution in [0.15, 0.2) is 47.5 Å². The third-order valence-corrected chi connectivity index (χ3v) is 4.91. The lowest BCUT2D eigenvalue weighted by Crippen LogP contribution is -2.19. The SMILES string of the molecule is COCCn1c(=NC(=O)c2cc(Cl)cc(Cl)c2)sc2ccccc21. The minimum atomic E-state index is -0.378. The van der Waals surface area contributed by atoms with E-state index in [0.29, 0.717) is 33.6 Å². The van der Waals surface area contributed by atoms with Crippen LogP contribution in [0, 0.1) is 0 Å². The number of carbonyl (C=O) groups excluding carboxylic acids is 1. The molecule has 124 valence electrons. The number of benzene rings is 2. The Morgan fingerprint density at radius 2 is 1.92 bits per heavy atom. The Kier molecular flexibility index (Phi) is 5.36. The summed E-state index contributed by atoms with van der Waals surface area (Å²) in [5.74, 6) is -0.378.